The fourth-order valence-corrected chi connectivity index (χ4v) is 2.87. The number of nitrogens with zero attached hydrogens (tertiary/aromatic N) is 2. The maximum absolute atomic E-state index is 11.9. The third-order valence-corrected chi connectivity index (χ3v) is 4.44. The monoisotopic (exact) mass is 275 g/mol. The van der Waals surface area contributed by atoms with Crippen LogP contribution in [0, 0.1) is 11.8 Å². The number of rotatable bonds is 3. The standard InChI is InChI=1S/C16H25N3O/c1-11-6-5-7-14(12(11)2)18-13-8-9-17-15(10-13)16(20)19(3)4/h8-12,14H,5-7H2,1-4H3,(H,17,18). The molecule has 0 spiro atoms. The van der Waals surface area contributed by atoms with Gasteiger partial charge in [0.2, 0.25) is 0 Å². The molecule has 0 bridgehead atoms. The minimum Gasteiger partial charge on any atom is -0.382 e. The number of carbonyl (C=O) groups is 1. The van der Waals surface area contributed by atoms with Crippen molar-refractivity contribution in [2.45, 2.75) is 39.2 Å². The number of anilines is 1. The first-order valence-corrected chi connectivity index (χ1v) is 7.43. The summed E-state index contributed by atoms with van der Waals surface area (Å²) in [4.78, 5) is 17.7. The predicted octanol–water partition coefficient (Wildman–Crippen LogP) is 3.02. The van der Waals surface area contributed by atoms with E-state index >= 15 is 0 Å². The summed E-state index contributed by atoms with van der Waals surface area (Å²) < 4.78 is 0. The van der Waals surface area contributed by atoms with Crippen molar-refractivity contribution in [3.63, 3.8) is 0 Å². The molecule has 1 amide bonds. The minimum atomic E-state index is -0.0567. The van der Waals surface area contributed by atoms with E-state index in [1.165, 1.54) is 19.3 Å². The van der Waals surface area contributed by atoms with Gasteiger partial charge in [-0.2, -0.15) is 0 Å². The van der Waals surface area contributed by atoms with Gasteiger partial charge in [0.05, 0.1) is 0 Å². The second kappa shape index (κ2) is 6.25. The van der Waals surface area contributed by atoms with Crippen LogP contribution in [0.25, 0.3) is 0 Å². The molecule has 4 nitrogen and oxygen atoms in total. The van der Waals surface area contributed by atoms with Crippen molar-refractivity contribution in [2.75, 3.05) is 19.4 Å². The van der Waals surface area contributed by atoms with E-state index in [9.17, 15) is 4.79 Å². The van der Waals surface area contributed by atoms with E-state index in [0.29, 0.717) is 17.7 Å². The molecule has 0 saturated heterocycles. The highest BCUT2D eigenvalue weighted by molar-refractivity contribution is 5.92. The van der Waals surface area contributed by atoms with Crippen LogP contribution >= 0.6 is 0 Å². The van der Waals surface area contributed by atoms with Crippen molar-refractivity contribution in [3.05, 3.63) is 24.0 Å². The summed E-state index contributed by atoms with van der Waals surface area (Å²) in [5, 5.41) is 3.58. The summed E-state index contributed by atoms with van der Waals surface area (Å²) in [6.07, 6.45) is 5.50. The zero-order chi connectivity index (χ0) is 14.7. The quantitative estimate of drug-likeness (QED) is 0.922. The average Bonchev–Trinajstić information content (AvgIpc) is 2.43. The van der Waals surface area contributed by atoms with E-state index in [4.69, 9.17) is 0 Å². The summed E-state index contributed by atoms with van der Waals surface area (Å²) in [7, 11) is 3.49. The summed E-state index contributed by atoms with van der Waals surface area (Å²) >= 11 is 0. The minimum absolute atomic E-state index is 0.0567. The first kappa shape index (κ1) is 14.8. The Kier molecular flexibility index (Phi) is 4.63. The molecule has 0 radical (unpaired) electrons. The SMILES string of the molecule is CC1CCCC(Nc2ccnc(C(=O)N(C)C)c2)C1C. The highest BCUT2D eigenvalue weighted by Crippen LogP contribution is 2.31. The van der Waals surface area contributed by atoms with Gasteiger partial charge in [0, 0.05) is 32.0 Å². The van der Waals surface area contributed by atoms with Gasteiger partial charge in [-0.05, 0) is 30.4 Å². The number of hydrogen-bond donors (Lipinski definition) is 1. The molecule has 1 saturated carbocycles. The number of aromatic nitrogens is 1. The van der Waals surface area contributed by atoms with Crippen LogP contribution in [0.15, 0.2) is 18.3 Å². The molecular formula is C16H25N3O. The number of nitrogens with one attached hydrogen (secondary N) is 1. The molecular weight excluding hydrogens is 250 g/mol. The topological polar surface area (TPSA) is 45.2 Å². The molecule has 3 unspecified atom stereocenters. The van der Waals surface area contributed by atoms with Crippen LogP contribution < -0.4 is 5.32 Å². The first-order chi connectivity index (χ1) is 9.49. The number of pyridine rings is 1. The Bertz CT molecular complexity index is 473. The predicted molar refractivity (Wildman–Crippen MR) is 81.8 cm³/mol. The largest absolute Gasteiger partial charge is 0.382 e. The van der Waals surface area contributed by atoms with E-state index in [0.717, 1.165) is 11.6 Å². The van der Waals surface area contributed by atoms with Gasteiger partial charge < -0.3 is 10.2 Å². The molecule has 1 heterocycles. The Morgan fingerprint density at radius 3 is 2.80 bits per heavy atom. The molecule has 0 aliphatic heterocycles. The van der Waals surface area contributed by atoms with E-state index in [-0.39, 0.29) is 5.91 Å². The van der Waals surface area contributed by atoms with Crippen molar-refractivity contribution in [1.82, 2.24) is 9.88 Å². The summed E-state index contributed by atoms with van der Waals surface area (Å²) in [6, 6.07) is 4.29. The van der Waals surface area contributed by atoms with Crippen LogP contribution in [-0.2, 0) is 0 Å². The van der Waals surface area contributed by atoms with E-state index in [2.05, 4.69) is 24.1 Å². The maximum atomic E-state index is 11.9. The summed E-state index contributed by atoms with van der Waals surface area (Å²) in [5.74, 6) is 1.36. The molecule has 110 valence electrons. The second-order valence-corrected chi connectivity index (χ2v) is 6.15. The van der Waals surface area contributed by atoms with Crippen molar-refractivity contribution in [3.8, 4) is 0 Å². The van der Waals surface area contributed by atoms with Crippen LogP contribution in [0.4, 0.5) is 5.69 Å². The lowest BCUT2D eigenvalue weighted by molar-refractivity contribution is 0.0822. The Labute approximate surface area is 121 Å². The Hall–Kier alpha value is -1.58. The van der Waals surface area contributed by atoms with E-state index < -0.39 is 0 Å². The molecule has 3 atom stereocenters. The molecule has 1 fully saturated rings. The third kappa shape index (κ3) is 3.30. The first-order valence-electron chi connectivity index (χ1n) is 7.43. The van der Waals surface area contributed by atoms with E-state index in [1.54, 1.807) is 25.2 Å². The van der Waals surface area contributed by atoms with Crippen LogP contribution in [0.1, 0.15) is 43.6 Å². The van der Waals surface area contributed by atoms with Gasteiger partial charge in [-0.3, -0.25) is 9.78 Å². The number of carbonyl (C=O) groups excluding carboxylic acids is 1. The van der Waals surface area contributed by atoms with Gasteiger partial charge in [-0.1, -0.05) is 26.7 Å². The van der Waals surface area contributed by atoms with Crippen LogP contribution in [0.3, 0.4) is 0 Å². The summed E-state index contributed by atoms with van der Waals surface area (Å²) in [5.41, 5.74) is 1.49. The average molecular weight is 275 g/mol. The lowest BCUT2D eigenvalue weighted by atomic mass is 9.78. The Morgan fingerprint density at radius 1 is 1.35 bits per heavy atom. The van der Waals surface area contributed by atoms with Crippen LogP contribution in [0.5, 0.6) is 0 Å². The Balaban J connectivity index is 2.10. The van der Waals surface area contributed by atoms with Gasteiger partial charge in [-0.25, -0.2) is 0 Å². The van der Waals surface area contributed by atoms with Crippen molar-refractivity contribution in [1.29, 1.82) is 0 Å². The highest BCUT2D eigenvalue weighted by Gasteiger charge is 2.27. The fraction of sp³-hybridized carbons (Fsp3) is 0.625. The third-order valence-electron chi connectivity index (χ3n) is 4.44. The smallest absolute Gasteiger partial charge is 0.272 e. The van der Waals surface area contributed by atoms with Gasteiger partial charge >= 0.3 is 0 Å². The number of amides is 1. The molecule has 0 aromatic carbocycles. The molecule has 1 aromatic heterocycles. The fourth-order valence-electron chi connectivity index (χ4n) is 2.87. The molecule has 1 aliphatic rings. The lowest BCUT2D eigenvalue weighted by Gasteiger charge is -2.35. The molecule has 1 aliphatic carbocycles. The van der Waals surface area contributed by atoms with Crippen molar-refractivity contribution >= 4 is 11.6 Å². The van der Waals surface area contributed by atoms with Gasteiger partial charge in [0.1, 0.15) is 5.69 Å². The summed E-state index contributed by atoms with van der Waals surface area (Å²) in [6.45, 7) is 4.64. The zero-order valence-corrected chi connectivity index (χ0v) is 12.9. The molecule has 1 N–H and O–H groups in total. The Morgan fingerprint density at radius 2 is 2.10 bits per heavy atom. The van der Waals surface area contributed by atoms with Crippen molar-refractivity contribution in [2.24, 2.45) is 11.8 Å². The van der Waals surface area contributed by atoms with Crippen LogP contribution in [-0.4, -0.2) is 35.9 Å². The number of hydrogen-bond acceptors (Lipinski definition) is 3. The van der Waals surface area contributed by atoms with Gasteiger partial charge in [0.15, 0.2) is 0 Å². The van der Waals surface area contributed by atoms with E-state index in [1.807, 2.05) is 12.1 Å². The van der Waals surface area contributed by atoms with Gasteiger partial charge in [-0.15, -0.1) is 0 Å². The molecule has 2 rings (SSSR count). The highest BCUT2D eigenvalue weighted by atomic mass is 16.2. The molecule has 4 heteroatoms. The molecule has 20 heavy (non-hydrogen) atoms. The van der Waals surface area contributed by atoms with Gasteiger partial charge in [0.25, 0.3) is 5.91 Å². The normalized spacial score (nSPS) is 26.1. The van der Waals surface area contributed by atoms with Crippen LogP contribution in [0.2, 0.25) is 0 Å². The van der Waals surface area contributed by atoms with Crippen molar-refractivity contribution < 1.29 is 4.79 Å². The maximum Gasteiger partial charge on any atom is 0.272 e. The zero-order valence-electron chi connectivity index (χ0n) is 12.9. The molecule has 1 aromatic rings. The lowest BCUT2D eigenvalue weighted by Crippen LogP contribution is -2.35. The second-order valence-electron chi connectivity index (χ2n) is 6.15.